The van der Waals surface area contributed by atoms with Gasteiger partial charge in [0.2, 0.25) is 11.8 Å². The molecule has 3 rings (SSSR count). The van der Waals surface area contributed by atoms with Crippen LogP contribution in [0.1, 0.15) is 25.3 Å². The fraction of sp³-hybridized carbons (Fsp3) is 0.579. The molecule has 24 heavy (non-hydrogen) atoms. The van der Waals surface area contributed by atoms with Gasteiger partial charge < -0.3 is 14.7 Å². The van der Waals surface area contributed by atoms with Crippen molar-refractivity contribution < 1.29 is 9.59 Å². The fourth-order valence-corrected chi connectivity index (χ4v) is 3.51. The van der Waals surface area contributed by atoms with Crippen LogP contribution in [0.5, 0.6) is 0 Å². The second-order valence-corrected chi connectivity index (χ2v) is 6.96. The summed E-state index contributed by atoms with van der Waals surface area (Å²) < 4.78 is 0. The SMILES string of the molecule is CCN1CCN(C(=O)C2(C(=O)N(C)Cc3ccccc3)CC2)CC1. The third-order valence-corrected chi connectivity index (χ3v) is 5.28. The summed E-state index contributed by atoms with van der Waals surface area (Å²) in [6, 6.07) is 9.93. The van der Waals surface area contributed by atoms with Crippen molar-refractivity contribution in [3.05, 3.63) is 35.9 Å². The van der Waals surface area contributed by atoms with E-state index in [1.165, 1.54) is 0 Å². The second kappa shape index (κ2) is 6.93. The van der Waals surface area contributed by atoms with Crippen LogP contribution in [-0.4, -0.2) is 66.3 Å². The van der Waals surface area contributed by atoms with Crippen molar-refractivity contribution in [2.45, 2.75) is 26.3 Å². The number of hydrogen-bond donors (Lipinski definition) is 0. The van der Waals surface area contributed by atoms with Gasteiger partial charge in [-0.1, -0.05) is 37.3 Å². The number of benzene rings is 1. The van der Waals surface area contributed by atoms with Crippen molar-refractivity contribution in [3.63, 3.8) is 0 Å². The normalized spacial score (nSPS) is 19.8. The van der Waals surface area contributed by atoms with Crippen molar-refractivity contribution in [1.29, 1.82) is 0 Å². The van der Waals surface area contributed by atoms with Crippen LogP contribution in [0.25, 0.3) is 0 Å². The molecule has 0 bridgehead atoms. The van der Waals surface area contributed by atoms with Crippen LogP contribution < -0.4 is 0 Å². The van der Waals surface area contributed by atoms with E-state index < -0.39 is 5.41 Å². The maximum absolute atomic E-state index is 12.9. The molecule has 0 N–H and O–H groups in total. The summed E-state index contributed by atoms with van der Waals surface area (Å²) in [4.78, 5) is 31.8. The highest BCUT2D eigenvalue weighted by Crippen LogP contribution is 2.49. The number of carbonyl (C=O) groups excluding carboxylic acids is 2. The molecular formula is C19H27N3O2. The van der Waals surface area contributed by atoms with E-state index in [0.29, 0.717) is 19.4 Å². The summed E-state index contributed by atoms with van der Waals surface area (Å²) in [5, 5.41) is 0. The standard InChI is InChI=1S/C19H27N3O2/c1-3-21-11-13-22(14-12-21)18(24)19(9-10-19)17(23)20(2)15-16-7-5-4-6-8-16/h4-8H,3,9-15H2,1-2H3. The van der Waals surface area contributed by atoms with Crippen molar-refractivity contribution in [1.82, 2.24) is 14.7 Å². The summed E-state index contributed by atoms with van der Waals surface area (Å²) in [5.74, 6) is 0.0254. The van der Waals surface area contributed by atoms with Gasteiger partial charge >= 0.3 is 0 Å². The number of hydrogen-bond acceptors (Lipinski definition) is 3. The lowest BCUT2D eigenvalue weighted by Crippen LogP contribution is -2.53. The predicted molar refractivity (Wildman–Crippen MR) is 93.3 cm³/mol. The minimum Gasteiger partial charge on any atom is -0.340 e. The highest BCUT2D eigenvalue weighted by molar-refractivity contribution is 6.07. The van der Waals surface area contributed by atoms with Gasteiger partial charge in [0.1, 0.15) is 5.41 Å². The lowest BCUT2D eigenvalue weighted by Gasteiger charge is -2.36. The van der Waals surface area contributed by atoms with Crippen LogP contribution >= 0.6 is 0 Å². The summed E-state index contributed by atoms with van der Waals surface area (Å²) >= 11 is 0. The minimum atomic E-state index is -0.780. The number of nitrogens with zero attached hydrogens (tertiary/aromatic N) is 3. The Morgan fingerprint density at radius 3 is 2.25 bits per heavy atom. The molecule has 1 heterocycles. The summed E-state index contributed by atoms with van der Waals surface area (Å²) in [7, 11) is 1.80. The quantitative estimate of drug-likeness (QED) is 0.771. The first-order chi connectivity index (χ1) is 11.6. The van der Waals surface area contributed by atoms with Gasteiger partial charge in [-0.05, 0) is 24.9 Å². The molecule has 1 saturated heterocycles. The predicted octanol–water partition coefficient (Wildman–Crippen LogP) is 1.59. The van der Waals surface area contributed by atoms with Crippen LogP contribution in [0.2, 0.25) is 0 Å². The van der Waals surface area contributed by atoms with Crippen molar-refractivity contribution >= 4 is 11.8 Å². The summed E-state index contributed by atoms with van der Waals surface area (Å²) in [5.41, 5.74) is 0.311. The number of piperazine rings is 1. The zero-order chi connectivity index (χ0) is 17.2. The molecule has 0 aromatic heterocycles. The van der Waals surface area contributed by atoms with Gasteiger partial charge in [-0.25, -0.2) is 0 Å². The Kier molecular flexibility index (Phi) is 4.90. The molecule has 0 unspecified atom stereocenters. The van der Waals surface area contributed by atoms with E-state index in [0.717, 1.165) is 38.3 Å². The Morgan fingerprint density at radius 2 is 1.71 bits per heavy atom. The zero-order valence-electron chi connectivity index (χ0n) is 14.7. The molecule has 5 nitrogen and oxygen atoms in total. The number of rotatable bonds is 5. The van der Waals surface area contributed by atoms with Crippen LogP contribution in [0.3, 0.4) is 0 Å². The molecule has 1 aliphatic carbocycles. The first-order valence-electron chi connectivity index (χ1n) is 8.88. The molecular weight excluding hydrogens is 302 g/mol. The van der Waals surface area contributed by atoms with Crippen molar-refractivity contribution in [2.75, 3.05) is 39.8 Å². The molecule has 1 aromatic rings. The van der Waals surface area contributed by atoms with E-state index in [4.69, 9.17) is 0 Å². The Labute approximate surface area is 144 Å². The molecule has 0 atom stereocenters. The molecule has 5 heteroatoms. The molecule has 2 amide bonds. The van der Waals surface area contributed by atoms with Crippen molar-refractivity contribution in [3.8, 4) is 0 Å². The first kappa shape index (κ1) is 17.0. The van der Waals surface area contributed by atoms with Gasteiger partial charge in [0.25, 0.3) is 0 Å². The van der Waals surface area contributed by atoms with Crippen molar-refractivity contribution in [2.24, 2.45) is 5.41 Å². The Bertz CT molecular complexity index is 590. The maximum Gasteiger partial charge on any atom is 0.238 e. The highest BCUT2D eigenvalue weighted by Gasteiger charge is 2.59. The molecule has 1 saturated carbocycles. The number of carbonyl (C=O) groups is 2. The number of likely N-dealkylation sites (N-methyl/N-ethyl adjacent to an activating group) is 1. The van der Waals surface area contributed by atoms with Crippen LogP contribution in [0.15, 0.2) is 30.3 Å². The minimum absolute atomic E-state index is 0.0192. The molecule has 2 aliphatic rings. The Hall–Kier alpha value is -1.88. The summed E-state index contributed by atoms with van der Waals surface area (Å²) in [6.45, 7) is 7.01. The molecule has 1 aliphatic heterocycles. The topological polar surface area (TPSA) is 43.9 Å². The van der Waals surface area contributed by atoms with E-state index in [-0.39, 0.29) is 11.8 Å². The largest absolute Gasteiger partial charge is 0.340 e. The van der Waals surface area contributed by atoms with Gasteiger partial charge in [-0.2, -0.15) is 0 Å². The smallest absolute Gasteiger partial charge is 0.238 e. The van der Waals surface area contributed by atoms with E-state index in [2.05, 4.69) is 11.8 Å². The fourth-order valence-electron chi connectivity index (χ4n) is 3.51. The van der Waals surface area contributed by atoms with Gasteiger partial charge in [-0.3, -0.25) is 9.59 Å². The van der Waals surface area contributed by atoms with E-state index >= 15 is 0 Å². The monoisotopic (exact) mass is 329 g/mol. The Balaban J connectivity index is 1.62. The van der Waals surface area contributed by atoms with Crippen LogP contribution in [-0.2, 0) is 16.1 Å². The van der Waals surface area contributed by atoms with Crippen LogP contribution in [0, 0.1) is 5.41 Å². The maximum atomic E-state index is 12.9. The molecule has 0 spiro atoms. The number of amides is 2. The summed E-state index contributed by atoms with van der Waals surface area (Å²) in [6.07, 6.45) is 1.38. The van der Waals surface area contributed by atoms with E-state index in [1.807, 2.05) is 35.2 Å². The van der Waals surface area contributed by atoms with Gasteiger partial charge in [0.05, 0.1) is 0 Å². The average Bonchev–Trinajstić information content (AvgIpc) is 3.43. The van der Waals surface area contributed by atoms with Gasteiger partial charge in [0.15, 0.2) is 0 Å². The van der Waals surface area contributed by atoms with Gasteiger partial charge in [0, 0.05) is 39.8 Å². The Morgan fingerprint density at radius 1 is 1.08 bits per heavy atom. The third-order valence-electron chi connectivity index (χ3n) is 5.28. The molecule has 0 radical (unpaired) electrons. The van der Waals surface area contributed by atoms with Crippen LogP contribution in [0.4, 0.5) is 0 Å². The highest BCUT2D eigenvalue weighted by atomic mass is 16.2. The second-order valence-electron chi connectivity index (χ2n) is 6.96. The lowest BCUT2D eigenvalue weighted by atomic mass is 10.0. The zero-order valence-corrected chi connectivity index (χ0v) is 14.7. The molecule has 130 valence electrons. The lowest BCUT2D eigenvalue weighted by molar-refractivity contribution is -0.150. The third kappa shape index (κ3) is 3.31. The average molecular weight is 329 g/mol. The molecule has 1 aromatic carbocycles. The van der Waals surface area contributed by atoms with E-state index in [1.54, 1.807) is 11.9 Å². The van der Waals surface area contributed by atoms with Gasteiger partial charge in [-0.15, -0.1) is 0 Å². The molecule has 2 fully saturated rings. The van der Waals surface area contributed by atoms with E-state index in [9.17, 15) is 9.59 Å². The first-order valence-corrected chi connectivity index (χ1v) is 8.88.